The standard InChI is InChI=1S/C10H8BrClF2O2/c1-4(15)9(16)5-2-6(10(13)14)8(12)7(11)3-5/h2-4,10,15H,1H3/t4-/m0/s1. The van der Waals surface area contributed by atoms with Crippen LogP contribution in [0.15, 0.2) is 16.6 Å². The van der Waals surface area contributed by atoms with Crippen molar-refractivity contribution in [3.05, 3.63) is 32.8 Å². The van der Waals surface area contributed by atoms with Crippen molar-refractivity contribution in [3.8, 4) is 0 Å². The van der Waals surface area contributed by atoms with E-state index in [0.717, 1.165) is 6.07 Å². The fourth-order valence-electron chi connectivity index (χ4n) is 1.15. The van der Waals surface area contributed by atoms with Crippen LogP contribution in [0.5, 0.6) is 0 Å². The lowest BCUT2D eigenvalue weighted by Gasteiger charge is -2.09. The quantitative estimate of drug-likeness (QED) is 0.866. The minimum Gasteiger partial charge on any atom is -0.385 e. The molecule has 0 aromatic heterocycles. The summed E-state index contributed by atoms with van der Waals surface area (Å²) in [5.41, 5.74) is -0.429. The van der Waals surface area contributed by atoms with Gasteiger partial charge in [-0.2, -0.15) is 0 Å². The topological polar surface area (TPSA) is 37.3 Å². The Hall–Kier alpha value is -0.520. The van der Waals surface area contributed by atoms with E-state index in [9.17, 15) is 13.6 Å². The van der Waals surface area contributed by atoms with Crippen molar-refractivity contribution in [1.82, 2.24) is 0 Å². The van der Waals surface area contributed by atoms with Gasteiger partial charge in [-0.05, 0) is 35.0 Å². The van der Waals surface area contributed by atoms with E-state index in [0.29, 0.717) is 0 Å². The van der Waals surface area contributed by atoms with Crippen LogP contribution in [0.3, 0.4) is 0 Å². The van der Waals surface area contributed by atoms with Gasteiger partial charge in [-0.25, -0.2) is 8.78 Å². The zero-order chi connectivity index (χ0) is 12.5. The summed E-state index contributed by atoms with van der Waals surface area (Å²) in [5, 5.41) is 8.95. The first kappa shape index (κ1) is 13.5. The van der Waals surface area contributed by atoms with Crippen molar-refractivity contribution in [1.29, 1.82) is 0 Å². The van der Waals surface area contributed by atoms with Crippen LogP contribution >= 0.6 is 27.5 Å². The molecule has 6 heteroatoms. The second kappa shape index (κ2) is 5.21. The number of halogens is 4. The Bertz CT molecular complexity index is 422. The summed E-state index contributed by atoms with van der Waals surface area (Å²) < 4.78 is 25.4. The predicted molar refractivity (Wildman–Crippen MR) is 60.1 cm³/mol. The number of carbonyl (C=O) groups excluding carboxylic acids is 1. The maximum atomic E-state index is 12.6. The van der Waals surface area contributed by atoms with Gasteiger partial charge >= 0.3 is 0 Å². The molecule has 0 heterocycles. The lowest BCUT2D eigenvalue weighted by atomic mass is 10.0. The number of alkyl halides is 2. The molecule has 1 N–H and O–H groups in total. The highest BCUT2D eigenvalue weighted by atomic mass is 79.9. The van der Waals surface area contributed by atoms with Crippen molar-refractivity contribution < 1.29 is 18.7 Å². The van der Waals surface area contributed by atoms with Crippen LogP contribution in [0, 0.1) is 0 Å². The van der Waals surface area contributed by atoms with E-state index in [4.69, 9.17) is 16.7 Å². The van der Waals surface area contributed by atoms with Gasteiger partial charge in [0.15, 0.2) is 5.78 Å². The smallest absolute Gasteiger partial charge is 0.265 e. The molecular weight excluding hydrogens is 305 g/mol. The third kappa shape index (κ3) is 2.78. The minimum atomic E-state index is -2.77. The molecule has 1 rings (SSSR count). The molecule has 0 spiro atoms. The fraction of sp³-hybridized carbons (Fsp3) is 0.300. The van der Waals surface area contributed by atoms with Gasteiger partial charge in [0.1, 0.15) is 6.10 Å². The van der Waals surface area contributed by atoms with E-state index in [1.807, 2.05) is 0 Å². The Kier molecular flexibility index (Phi) is 4.41. The first-order valence-electron chi connectivity index (χ1n) is 4.34. The van der Waals surface area contributed by atoms with Gasteiger partial charge in [0.2, 0.25) is 0 Å². The molecule has 88 valence electrons. The second-order valence-electron chi connectivity index (χ2n) is 3.20. The Morgan fingerprint density at radius 1 is 1.50 bits per heavy atom. The van der Waals surface area contributed by atoms with E-state index >= 15 is 0 Å². The number of Topliss-reactive ketones (excluding diaryl/α,β-unsaturated/α-hetero) is 1. The maximum Gasteiger partial charge on any atom is 0.265 e. The third-order valence-corrected chi connectivity index (χ3v) is 3.23. The number of hydrogen-bond acceptors (Lipinski definition) is 2. The van der Waals surface area contributed by atoms with Gasteiger partial charge in [0.25, 0.3) is 6.43 Å². The van der Waals surface area contributed by atoms with Gasteiger partial charge in [-0.1, -0.05) is 11.6 Å². The average Bonchev–Trinajstić information content (AvgIpc) is 2.20. The number of benzene rings is 1. The molecule has 2 nitrogen and oxygen atoms in total. The van der Waals surface area contributed by atoms with Gasteiger partial charge in [0.05, 0.1) is 5.02 Å². The van der Waals surface area contributed by atoms with Crippen molar-refractivity contribution in [2.45, 2.75) is 19.5 Å². The highest BCUT2D eigenvalue weighted by Gasteiger charge is 2.20. The Morgan fingerprint density at radius 2 is 2.06 bits per heavy atom. The van der Waals surface area contributed by atoms with Gasteiger partial charge in [0, 0.05) is 15.6 Å². The Morgan fingerprint density at radius 3 is 2.50 bits per heavy atom. The van der Waals surface area contributed by atoms with E-state index < -0.39 is 23.9 Å². The van der Waals surface area contributed by atoms with Gasteiger partial charge < -0.3 is 5.11 Å². The SMILES string of the molecule is C[C@H](O)C(=O)c1cc(Br)c(Cl)c(C(F)F)c1. The van der Waals surface area contributed by atoms with Crippen LogP contribution in [-0.2, 0) is 0 Å². The van der Waals surface area contributed by atoms with E-state index in [-0.39, 0.29) is 15.1 Å². The summed E-state index contributed by atoms with van der Waals surface area (Å²) in [5.74, 6) is -0.626. The van der Waals surface area contributed by atoms with E-state index in [1.54, 1.807) is 0 Å². The Balaban J connectivity index is 3.29. The molecule has 0 fully saturated rings. The molecule has 0 saturated carbocycles. The van der Waals surface area contributed by atoms with Crippen LogP contribution in [0.2, 0.25) is 5.02 Å². The van der Waals surface area contributed by atoms with Crippen LogP contribution in [0.1, 0.15) is 29.3 Å². The van der Waals surface area contributed by atoms with E-state index in [2.05, 4.69) is 15.9 Å². The molecule has 0 aliphatic rings. The molecule has 1 atom stereocenters. The first-order valence-corrected chi connectivity index (χ1v) is 5.51. The number of ketones is 1. The monoisotopic (exact) mass is 312 g/mol. The minimum absolute atomic E-state index is 0.00146. The zero-order valence-electron chi connectivity index (χ0n) is 8.18. The largest absolute Gasteiger partial charge is 0.385 e. The second-order valence-corrected chi connectivity index (χ2v) is 4.43. The molecule has 1 aromatic carbocycles. The molecule has 0 bridgehead atoms. The zero-order valence-corrected chi connectivity index (χ0v) is 10.5. The molecule has 16 heavy (non-hydrogen) atoms. The summed E-state index contributed by atoms with van der Waals surface area (Å²) in [6.07, 6.45) is -4.01. The van der Waals surface area contributed by atoms with Crippen LogP contribution in [-0.4, -0.2) is 17.0 Å². The molecule has 0 unspecified atom stereocenters. The van der Waals surface area contributed by atoms with Gasteiger partial charge in [-0.15, -0.1) is 0 Å². The summed E-state index contributed by atoms with van der Waals surface area (Å²) in [7, 11) is 0. The summed E-state index contributed by atoms with van der Waals surface area (Å²) >= 11 is 8.63. The van der Waals surface area contributed by atoms with Gasteiger partial charge in [-0.3, -0.25) is 4.79 Å². The highest BCUT2D eigenvalue weighted by Crippen LogP contribution is 2.34. The van der Waals surface area contributed by atoms with Crippen LogP contribution in [0.4, 0.5) is 8.78 Å². The summed E-state index contributed by atoms with van der Waals surface area (Å²) in [4.78, 5) is 11.4. The normalized spacial score (nSPS) is 12.9. The summed E-state index contributed by atoms with van der Waals surface area (Å²) in [6, 6.07) is 2.30. The van der Waals surface area contributed by atoms with Crippen molar-refractivity contribution >= 4 is 33.3 Å². The molecular formula is C10H8BrClF2O2. The molecule has 0 radical (unpaired) electrons. The number of aliphatic hydroxyl groups is 1. The van der Waals surface area contributed by atoms with Crippen LogP contribution < -0.4 is 0 Å². The molecule has 0 saturated heterocycles. The Labute approximate surface area is 104 Å². The fourth-order valence-corrected chi connectivity index (χ4v) is 1.82. The van der Waals surface area contributed by atoms with E-state index in [1.165, 1.54) is 13.0 Å². The number of rotatable bonds is 3. The first-order chi connectivity index (χ1) is 7.34. The maximum absolute atomic E-state index is 12.6. The lowest BCUT2D eigenvalue weighted by Crippen LogP contribution is -2.16. The third-order valence-electron chi connectivity index (χ3n) is 1.96. The van der Waals surface area contributed by atoms with Crippen LogP contribution in [0.25, 0.3) is 0 Å². The van der Waals surface area contributed by atoms with Crippen molar-refractivity contribution in [3.63, 3.8) is 0 Å². The lowest BCUT2D eigenvalue weighted by molar-refractivity contribution is 0.0779. The number of aliphatic hydroxyl groups excluding tert-OH is 1. The molecule has 0 aliphatic heterocycles. The van der Waals surface area contributed by atoms with Crippen molar-refractivity contribution in [2.75, 3.05) is 0 Å². The molecule has 1 aromatic rings. The number of carbonyl (C=O) groups is 1. The highest BCUT2D eigenvalue weighted by molar-refractivity contribution is 9.10. The van der Waals surface area contributed by atoms with Crippen molar-refractivity contribution in [2.24, 2.45) is 0 Å². The average molecular weight is 314 g/mol. The number of hydrogen-bond donors (Lipinski definition) is 1. The molecule has 0 aliphatic carbocycles. The predicted octanol–water partition coefficient (Wildman–Crippen LogP) is 3.60. The summed E-state index contributed by atoms with van der Waals surface area (Å²) in [6.45, 7) is 1.27. The molecule has 0 amide bonds.